The third-order valence-electron chi connectivity index (χ3n) is 2.91. The van der Waals surface area contributed by atoms with E-state index in [-0.39, 0.29) is 10.5 Å². The van der Waals surface area contributed by atoms with Crippen LogP contribution in [0, 0.1) is 6.92 Å². The Morgan fingerprint density at radius 1 is 1.33 bits per heavy atom. The number of amides is 1. The van der Waals surface area contributed by atoms with Gasteiger partial charge in [0, 0.05) is 6.04 Å². The Bertz CT molecular complexity index is 667. The molecule has 1 aromatic carbocycles. The molecule has 0 aliphatic carbocycles. The molecule has 0 aliphatic heterocycles. The SMILES string of the molecule is Cc1ccc(C(=O)O)cc1S(=O)(=O)N(CC(N)=O)C(C)C. The van der Waals surface area contributed by atoms with Gasteiger partial charge in [-0.2, -0.15) is 4.31 Å². The second kappa shape index (κ2) is 6.23. The lowest BCUT2D eigenvalue weighted by atomic mass is 10.1. The highest BCUT2D eigenvalue weighted by molar-refractivity contribution is 7.89. The number of rotatable bonds is 6. The first-order valence-electron chi connectivity index (χ1n) is 6.21. The predicted molar refractivity (Wildman–Crippen MR) is 76.4 cm³/mol. The molecule has 0 bridgehead atoms. The highest BCUT2D eigenvalue weighted by Gasteiger charge is 2.30. The summed E-state index contributed by atoms with van der Waals surface area (Å²) in [5.41, 5.74) is 5.34. The minimum absolute atomic E-state index is 0.137. The number of aromatic carboxylic acids is 1. The monoisotopic (exact) mass is 314 g/mol. The zero-order chi connectivity index (χ0) is 16.4. The molecule has 0 atom stereocenters. The number of hydrogen-bond donors (Lipinski definition) is 2. The van der Waals surface area contributed by atoms with Crippen molar-refractivity contribution in [1.29, 1.82) is 0 Å². The first-order valence-corrected chi connectivity index (χ1v) is 7.65. The maximum atomic E-state index is 12.6. The van der Waals surface area contributed by atoms with Gasteiger partial charge in [0.15, 0.2) is 0 Å². The molecular weight excluding hydrogens is 296 g/mol. The van der Waals surface area contributed by atoms with Gasteiger partial charge in [-0.3, -0.25) is 4.79 Å². The van der Waals surface area contributed by atoms with Gasteiger partial charge in [0.05, 0.1) is 17.0 Å². The van der Waals surface area contributed by atoms with Crippen molar-refractivity contribution in [2.24, 2.45) is 5.73 Å². The molecule has 0 saturated heterocycles. The first kappa shape index (κ1) is 17.1. The second-order valence-corrected chi connectivity index (χ2v) is 6.75. The van der Waals surface area contributed by atoms with Crippen molar-refractivity contribution in [2.75, 3.05) is 6.54 Å². The van der Waals surface area contributed by atoms with Gasteiger partial charge in [-0.25, -0.2) is 13.2 Å². The number of hydrogen-bond acceptors (Lipinski definition) is 4. The fraction of sp³-hybridized carbons (Fsp3) is 0.385. The molecule has 0 saturated carbocycles. The number of carbonyl (C=O) groups is 2. The molecule has 0 heterocycles. The number of carboxylic acid groups (broad SMARTS) is 1. The van der Waals surface area contributed by atoms with Crippen LogP contribution in [0.4, 0.5) is 0 Å². The van der Waals surface area contributed by atoms with Crippen molar-refractivity contribution < 1.29 is 23.1 Å². The van der Waals surface area contributed by atoms with Crippen LogP contribution in [0.3, 0.4) is 0 Å². The first-order chi connectivity index (χ1) is 9.57. The Morgan fingerprint density at radius 2 is 1.90 bits per heavy atom. The molecule has 3 N–H and O–H groups in total. The van der Waals surface area contributed by atoms with Gasteiger partial charge in [-0.15, -0.1) is 0 Å². The lowest BCUT2D eigenvalue weighted by molar-refractivity contribution is -0.118. The molecule has 1 aromatic rings. The normalized spacial score (nSPS) is 11.9. The Kier molecular flexibility index (Phi) is 5.08. The molecule has 0 spiro atoms. The van der Waals surface area contributed by atoms with Crippen LogP contribution >= 0.6 is 0 Å². The van der Waals surface area contributed by atoms with Crippen molar-refractivity contribution in [3.63, 3.8) is 0 Å². The Hall–Kier alpha value is -1.93. The molecule has 0 fully saturated rings. The van der Waals surface area contributed by atoms with Crippen LogP contribution in [-0.4, -0.2) is 42.3 Å². The molecular formula is C13H18N2O5S. The molecule has 1 rings (SSSR count). The number of primary amides is 1. The van der Waals surface area contributed by atoms with Gasteiger partial charge in [0.25, 0.3) is 0 Å². The highest BCUT2D eigenvalue weighted by atomic mass is 32.2. The summed E-state index contributed by atoms with van der Waals surface area (Å²) in [5, 5.41) is 8.98. The second-order valence-electron chi connectivity index (χ2n) is 4.90. The third-order valence-corrected chi connectivity index (χ3v) is 5.07. The minimum atomic E-state index is -4.01. The minimum Gasteiger partial charge on any atom is -0.478 e. The third kappa shape index (κ3) is 3.79. The standard InChI is InChI=1S/C13H18N2O5S/c1-8(2)15(7-12(14)16)21(19,20)11-6-10(13(17)18)5-4-9(11)3/h4-6,8H,7H2,1-3H3,(H2,14,16)(H,17,18). The molecule has 0 aliphatic rings. The average molecular weight is 314 g/mol. The van der Waals surface area contributed by atoms with Crippen LogP contribution in [0.15, 0.2) is 23.1 Å². The Morgan fingerprint density at radius 3 is 2.33 bits per heavy atom. The van der Waals surface area contributed by atoms with E-state index in [0.29, 0.717) is 5.56 Å². The summed E-state index contributed by atoms with van der Waals surface area (Å²) in [4.78, 5) is 21.9. The molecule has 8 heteroatoms. The summed E-state index contributed by atoms with van der Waals surface area (Å²) in [6.07, 6.45) is 0. The van der Waals surface area contributed by atoms with Gasteiger partial charge in [-0.05, 0) is 38.5 Å². The number of sulfonamides is 1. The Labute approximate surface area is 123 Å². The summed E-state index contributed by atoms with van der Waals surface area (Å²) in [6.45, 7) is 4.31. The van der Waals surface area contributed by atoms with E-state index < -0.39 is 34.5 Å². The van der Waals surface area contributed by atoms with E-state index in [0.717, 1.165) is 10.4 Å². The van der Waals surface area contributed by atoms with Crippen molar-refractivity contribution in [3.8, 4) is 0 Å². The molecule has 1 amide bonds. The fourth-order valence-corrected chi connectivity index (χ4v) is 3.69. The molecule has 0 aromatic heterocycles. The van der Waals surface area contributed by atoms with Gasteiger partial charge in [0.2, 0.25) is 15.9 Å². The lowest BCUT2D eigenvalue weighted by Gasteiger charge is -2.25. The zero-order valence-corrected chi connectivity index (χ0v) is 12.8. The number of carboxylic acids is 1. The smallest absolute Gasteiger partial charge is 0.335 e. The number of aryl methyl sites for hydroxylation is 1. The van der Waals surface area contributed by atoms with Crippen molar-refractivity contribution >= 4 is 21.9 Å². The van der Waals surface area contributed by atoms with Crippen LogP contribution in [0.5, 0.6) is 0 Å². The number of nitrogens with zero attached hydrogens (tertiary/aromatic N) is 1. The fourth-order valence-electron chi connectivity index (χ4n) is 1.84. The quantitative estimate of drug-likeness (QED) is 0.796. The van der Waals surface area contributed by atoms with Crippen LogP contribution in [0.2, 0.25) is 0 Å². The maximum absolute atomic E-state index is 12.6. The lowest BCUT2D eigenvalue weighted by Crippen LogP contribution is -2.42. The molecule has 0 radical (unpaired) electrons. The van der Waals surface area contributed by atoms with E-state index in [9.17, 15) is 18.0 Å². The van der Waals surface area contributed by atoms with Crippen molar-refractivity contribution in [1.82, 2.24) is 4.31 Å². The van der Waals surface area contributed by atoms with E-state index >= 15 is 0 Å². The molecule has 116 valence electrons. The van der Waals surface area contributed by atoms with E-state index in [1.165, 1.54) is 12.1 Å². The van der Waals surface area contributed by atoms with Crippen LogP contribution in [0.1, 0.15) is 29.8 Å². The van der Waals surface area contributed by atoms with Crippen molar-refractivity contribution in [3.05, 3.63) is 29.3 Å². The molecule has 21 heavy (non-hydrogen) atoms. The summed E-state index contributed by atoms with van der Waals surface area (Å²) < 4.78 is 26.2. The number of benzene rings is 1. The summed E-state index contributed by atoms with van der Waals surface area (Å²) in [7, 11) is -4.01. The summed E-state index contributed by atoms with van der Waals surface area (Å²) in [6, 6.07) is 3.34. The highest BCUT2D eigenvalue weighted by Crippen LogP contribution is 2.23. The van der Waals surface area contributed by atoms with E-state index in [1.54, 1.807) is 20.8 Å². The van der Waals surface area contributed by atoms with Crippen LogP contribution in [0.25, 0.3) is 0 Å². The number of carbonyl (C=O) groups excluding carboxylic acids is 1. The maximum Gasteiger partial charge on any atom is 0.335 e. The van der Waals surface area contributed by atoms with E-state index in [1.807, 2.05) is 0 Å². The summed E-state index contributed by atoms with van der Waals surface area (Å²) >= 11 is 0. The van der Waals surface area contributed by atoms with Gasteiger partial charge in [-0.1, -0.05) is 6.07 Å². The van der Waals surface area contributed by atoms with Crippen LogP contribution < -0.4 is 5.73 Å². The topological polar surface area (TPSA) is 118 Å². The largest absolute Gasteiger partial charge is 0.478 e. The van der Waals surface area contributed by atoms with Gasteiger partial charge >= 0.3 is 5.97 Å². The summed E-state index contributed by atoms with van der Waals surface area (Å²) in [5.74, 6) is -2.00. The average Bonchev–Trinajstić information content (AvgIpc) is 2.35. The molecule has 7 nitrogen and oxygen atoms in total. The number of nitrogens with two attached hydrogens (primary N) is 1. The predicted octanol–water partition coefficient (Wildman–Crippen LogP) is 0.578. The zero-order valence-electron chi connectivity index (χ0n) is 12.0. The van der Waals surface area contributed by atoms with Crippen molar-refractivity contribution in [2.45, 2.75) is 31.7 Å². The molecule has 0 unspecified atom stereocenters. The van der Waals surface area contributed by atoms with Gasteiger partial charge in [0.1, 0.15) is 0 Å². The Balaban J connectivity index is 3.43. The van der Waals surface area contributed by atoms with Gasteiger partial charge < -0.3 is 10.8 Å². The van der Waals surface area contributed by atoms with E-state index in [4.69, 9.17) is 10.8 Å². The van der Waals surface area contributed by atoms with E-state index in [2.05, 4.69) is 0 Å². The van der Waals surface area contributed by atoms with Crippen LogP contribution in [-0.2, 0) is 14.8 Å².